The van der Waals surface area contributed by atoms with E-state index >= 15 is 0 Å². The van der Waals surface area contributed by atoms with E-state index < -0.39 is 6.04 Å². The Kier molecular flexibility index (Phi) is 5.99. The van der Waals surface area contributed by atoms with Gasteiger partial charge in [0.2, 0.25) is 11.8 Å². The molecule has 5 heteroatoms. The van der Waals surface area contributed by atoms with Crippen LogP contribution in [0.15, 0.2) is 0 Å². The van der Waals surface area contributed by atoms with Crippen LogP contribution in [0, 0.1) is 0 Å². The Hall–Kier alpha value is -1.10. The van der Waals surface area contributed by atoms with Crippen molar-refractivity contribution in [2.24, 2.45) is 0 Å². The van der Waals surface area contributed by atoms with Crippen LogP contribution >= 0.6 is 0 Å². The molecule has 1 saturated heterocycles. The summed E-state index contributed by atoms with van der Waals surface area (Å²) in [6.45, 7) is 7.81. The van der Waals surface area contributed by atoms with Gasteiger partial charge in [0.05, 0.1) is 6.04 Å². The lowest BCUT2D eigenvalue weighted by molar-refractivity contribution is -0.139. The number of hydrogen-bond acceptors (Lipinski definition) is 3. The van der Waals surface area contributed by atoms with Gasteiger partial charge in [0.15, 0.2) is 0 Å². The van der Waals surface area contributed by atoms with Gasteiger partial charge in [0.1, 0.15) is 6.04 Å². The number of carbonyl (C=O) groups is 2. The van der Waals surface area contributed by atoms with Crippen molar-refractivity contribution in [3.63, 3.8) is 0 Å². The molecule has 1 aliphatic rings. The number of likely N-dealkylation sites (tertiary alicyclic amines) is 1. The zero-order valence-corrected chi connectivity index (χ0v) is 13.6. The number of nitrogens with one attached hydrogen (secondary N) is 1. The van der Waals surface area contributed by atoms with Gasteiger partial charge in [-0.2, -0.15) is 0 Å². The number of amides is 2. The van der Waals surface area contributed by atoms with E-state index in [-0.39, 0.29) is 23.9 Å². The molecule has 0 aromatic carbocycles. The van der Waals surface area contributed by atoms with Crippen LogP contribution in [-0.4, -0.2) is 59.9 Å². The van der Waals surface area contributed by atoms with E-state index in [1.807, 2.05) is 30.8 Å². The van der Waals surface area contributed by atoms with Crippen molar-refractivity contribution in [1.29, 1.82) is 0 Å². The average Bonchev–Trinajstić information content (AvgIpc) is 2.77. The minimum Gasteiger partial charge on any atom is -0.343 e. The monoisotopic (exact) mass is 283 g/mol. The Bertz CT molecular complexity index is 357. The molecule has 0 aromatic rings. The first kappa shape index (κ1) is 17.0. The van der Waals surface area contributed by atoms with Crippen molar-refractivity contribution in [2.45, 2.75) is 71.1 Å². The van der Waals surface area contributed by atoms with Crippen molar-refractivity contribution >= 4 is 11.8 Å². The lowest BCUT2D eigenvalue weighted by atomic mass is 10.1. The summed E-state index contributed by atoms with van der Waals surface area (Å²) in [7, 11) is 3.71. The Morgan fingerprint density at radius 1 is 1.30 bits per heavy atom. The normalized spacial score (nSPS) is 25.6. The first-order chi connectivity index (χ1) is 9.29. The maximum atomic E-state index is 12.6. The summed E-state index contributed by atoms with van der Waals surface area (Å²) in [6, 6.07) is -0.0936. The predicted molar refractivity (Wildman–Crippen MR) is 80.4 cm³/mol. The van der Waals surface area contributed by atoms with Gasteiger partial charge >= 0.3 is 0 Å². The van der Waals surface area contributed by atoms with Gasteiger partial charge in [-0.25, -0.2) is 0 Å². The highest BCUT2D eigenvalue weighted by Crippen LogP contribution is 2.26. The third-order valence-electron chi connectivity index (χ3n) is 4.39. The van der Waals surface area contributed by atoms with E-state index in [2.05, 4.69) is 19.2 Å². The second kappa shape index (κ2) is 7.07. The van der Waals surface area contributed by atoms with Crippen molar-refractivity contribution in [1.82, 2.24) is 15.1 Å². The highest BCUT2D eigenvalue weighted by Gasteiger charge is 2.35. The zero-order valence-electron chi connectivity index (χ0n) is 13.6. The van der Waals surface area contributed by atoms with Gasteiger partial charge in [0.25, 0.3) is 0 Å². The number of nitrogens with zero attached hydrogens (tertiary/aromatic N) is 2. The van der Waals surface area contributed by atoms with Crippen LogP contribution in [0.5, 0.6) is 0 Å². The molecule has 4 atom stereocenters. The van der Waals surface area contributed by atoms with Crippen LogP contribution in [0.3, 0.4) is 0 Å². The molecule has 116 valence electrons. The molecule has 1 rings (SSSR count). The molecule has 0 aromatic heterocycles. The Balaban J connectivity index is 2.65. The molecule has 20 heavy (non-hydrogen) atoms. The second-order valence-electron chi connectivity index (χ2n) is 6.10. The van der Waals surface area contributed by atoms with Crippen LogP contribution < -0.4 is 5.32 Å². The van der Waals surface area contributed by atoms with Gasteiger partial charge in [0, 0.05) is 12.1 Å². The second-order valence-corrected chi connectivity index (χ2v) is 6.10. The minimum atomic E-state index is -0.459. The lowest BCUT2D eigenvalue weighted by Gasteiger charge is -2.31. The minimum absolute atomic E-state index is 0.0427. The van der Waals surface area contributed by atoms with E-state index in [1.54, 1.807) is 6.92 Å². The van der Waals surface area contributed by atoms with E-state index in [0.29, 0.717) is 6.04 Å². The lowest BCUT2D eigenvalue weighted by Crippen LogP contribution is -2.53. The summed E-state index contributed by atoms with van der Waals surface area (Å²) < 4.78 is 0. The SMILES string of the molecule is CC[C@H]1CC[C@@H](C)N1C(=O)[C@H](C)NC(=O)[C@H](C)N(C)C. The third-order valence-corrected chi connectivity index (χ3v) is 4.39. The third kappa shape index (κ3) is 3.72. The average molecular weight is 283 g/mol. The summed E-state index contributed by atoms with van der Waals surface area (Å²) in [6.07, 6.45) is 3.10. The predicted octanol–water partition coefficient (Wildman–Crippen LogP) is 1.23. The molecular formula is C15H29N3O2. The Morgan fingerprint density at radius 3 is 2.40 bits per heavy atom. The van der Waals surface area contributed by atoms with Crippen LogP contribution in [0.2, 0.25) is 0 Å². The largest absolute Gasteiger partial charge is 0.343 e. The highest BCUT2D eigenvalue weighted by atomic mass is 16.2. The quantitative estimate of drug-likeness (QED) is 0.825. The summed E-state index contributed by atoms with van der Waals surface area (Å²) in [5.74, 6) is -0.0584. The first-order valence-corrected chi connectivity index (χ1v) is 7.58. The summed E-state index contributed by atoms with van der Waals surface area (Å²) >= 11 is 0. The van der Waals surface area contributed by atoms with Gasteiger partial charge in [-0.05, 0) is 54.1 Å². The molecule has 0 bridgehead atoms. The standard InChI is InChI=1S/C15H29N3O2/c1-7-13-9-8-10(2)18(13)15(20)11(3)16-14(19)12(4)17(5)6/h10-13H,7-9H2,1-6H3,(H,16,19)/t10-,11+,12+,13+/m1/s1. The highest BCUT2D eigenvalue weighted by molar-refractivity contribution is 5.89. The molecule has 1 aliphatic heterocycles. The van der Waals surface area contributed by atoms with Crippen LogP contribution in [0.1, 0.15) is 47.0 Å². The van der Waals surface area contributed by atoms with Gasteiger partial charge in [-0.3, -0.25) is 14.5 Å². The zero-order chi connectivity index (χ0) is 15.4. The number of carbonyl (C=O) groups excluding carboxylic acids is 2. The van der Waals surface area contributed by atoms with Crippen molar-refractivity contribution < 1.29 is 9.59 Å². The first-order valence-electron chi connectivity index (χ1n) is 7.58. The van der Waals surface area contributed by atoms with Crippen LogP contribution in [0.4, 0.5) is 0 Å². The fourth-order valence-electron chi connectivity index (χ4n) is 2.72. The molecule has 1 N–H and O–H groups in total. The molecule has 5 nitrogen and oxygen atoms in total. The summed E-state index contributed by atoms with van der Waals surface area (Å²) in [4.78, 5) is 28.4. The molecule has 0 radical (unpaired) electrons. The topological polar surface area (TPSA) is 52.7 Å². The maximum absolute atomic E-state index is 12.6. The van der Waals surface area contributed by atoms with E-state index in [4.69, 9.17) is 0 Å². The summed E-state index contributed by atoms with van der Waals surface area (Å²) in [5, 5.41) is 2.83. The molecule has 0 saturated carbocycles. The summed E-state index contributed by atoms with van der Waals surface area (Å²) in [5.41, 5.74) is 0. The van der Waals surface area contributed by atoms with Crippen LogP contribution in [-0.2, 0) is 9.59 Å². The van der Waals surface area contributed by atoms with Gasteiger partial charge in [-0.1, -0.05) is 6.92 Å². The Labute approximate surface area is 122 Å². The fourth-order valence-corrected chi connectivity index (χ4v) is 2.72. The van der Waals surface area contributed by atoms with Gasteiger partial charge < -0.3 is 10.2 Å². The van der Waals surface area contributed by atoms with Crippen LogP contribution in [0.25, 0.3) is 0 Å². The maximum Gasteiger partial charge on any atom is 0.245 e. The molecule has 1 heterocycles. The van der Waals surface area contributed by atoms with E-state index in [9.17, 15) is 9.59 Å². The number of hydrogen-bond donors (Lipinski definition) is 1. The molecule has 0 spiro atoms. The fraction of sp³-hybridized carbons (Fsp3) is 0.867. The molecule has 2 amide bonds. The van der Waals surface area contributed by atoms with Crippen molar-refractivity contribution in [3.8, 4) is 0 Å². The molecule has 1 fully saturated rings. The van der Waals surface area contributed by atoms with E-state index in [1.165, 1.54) is 0 Å². The van der Waals surface area contributed by atoms with E-state index in [0.717, 1.165) is 19.3 Å². The molecular weight excluding hydrogens is 254 g/mol. The number of likely N-dealkylation sites (N-methyl/N-ethyl adjacent to an activating group) is 1. The number of rotatable bonds is 5. The molecule has 0 unspecified atom stereocenters. The smallest absolute Gasteiger partial charge is 0.245 e. The van der Waals surface area contributed by atoms with Gasteiger partial charge in [-0.15, -0.1) is 0 Å². The van der Waals surface area contributed by atoms with Crippen molar-refractivity contribution in [3.05, 3.63) is 0 Å². The van der Waals surface area contributed by atoms with Crippen molar-refractivity contribution in [2.75, 3.05) is 14.1 Å². The molecule has 0 aliphatic carbocycles. The Morgan fingerprint density at radius 2 is 1.90 bits per heavy atom.